The Bertz CT molecular complexity index is 446. The maximum Gasteiger partial charge on any atom is 0.209 e. The second-order valence-electron chi connectivity index (χ2n) is 2.43. The fraction of sp³-hybridized carbons (Fsp3) is 0.125. The minimum absolute atomic E-state index is 0.653. The van der Waals surface area contributed by atoms with Crippen molar-refractivity contribution in [1.82, 2.24) is 15.2 Å². The number of thioether (sulfide) groups is 1. The molecule has 0 amide bonds. The average molecular weight is 212 g/mol. The van der Waals surface area contributed by atoms with Crippen LogP contribution in [0.5, 0.6) is 0 Å². The summed E-state index contributed by atoms with van der Waals surface area (Å²) < 4.78 is 0. The lowest BCUT2D eigenvalue weighted by molar-refractivity contribution is 0.882. The Morgan fingerprint density at radius 2 is 2.08 bits per heavy atom. The lowest BCUT2D eigenvalue weighted by atomic mass is 10.3. The summed E-state index contributed by atoms with van der Waals surface area (Å²) in [6, 6.07) is 5.38. The molecule has 0 fully saturated rings. The Labute approximate surface area is 84.5 Å². The molecule has 2 aromatic rings. The van der Waals surface area contributed by atoms with Crippen LogP contribution in [0.3, 0.4) is 0 Å². The normalized spacial score (nSPS) is 10.6. The van der Waals surface area contributed by atoms with Gasteiger partial charge >= 0.3 is 0 Å². The van der Waals surface area contributed by atoms with E-state index in [9.17, 15) is 0 Å². The molecule has 0 aliphatic rings. The topological polar surface area (TPSA) is 38.7 Å². The molecule has 0 saturated heterocycles. The molecule has 0 spiro atoms. The molecule has 0 bridgehead atoms. The van der Waals surface area contributed by atoms with Crippen molar-refractivity contribution in [3.63, 3.8) is 0 Å². The smallest absolute Gasteiger partial charge is 0.209 e. The third-order valence-electron chi connectivity index (χ3n) is 1.58. The summed E-state index contributed by atoms with van der Waals surface area (Å²) in [5.41, 5.74) is 1.55. The molecule has 13 heavy (non-hydrogen) atoms. The van der Waals surface area contributed by atoms with Crippen LogP contribution in [0.1, 0.15) is 0 Å². The third kappa shape index (κ3) is 1.73. The van der Waals surface area contributed by atoms with Gasteiger partial charge in [-0.3, -0.25) is 0 Å². The standard InChI is InChI=1S/C8H6ClN3S/c1-13-8-10-6-3-2-5(9)4-7(6)11-12-8/h2-4H,1H3. The van der Waals surface area contributed by atoms with Crippen molar-refractivity contribution in [3.8, 4) is 0 Å². The van der Waals surface area contributed by atoms with E-state index in [1.54, 1.807) is 12.1 Å². The first-order chi connectivity index (χ1) is 6.29. The number of hydrogen-bond donors (Lipinski definition) is 0. The van der Waals surface area contributed by atoms with E-state index in [0.29, 0.717) is 10.2 Å². The molecule has 1 aromatic heterocycles. The van der Waals surface area contributed by atoms with E-state index in [4.69, 9.17) is 11.6 Å². The van der Waals surface area contributed by atoms with E-state index in [2.05, 4.69) is 15.2 Å². The second-order valence-corrected chi connectivity index (χ2v) is 3.64. The van der Waals surface area contributed by atoms with Gasteiger partial charge in [0.15, 0.2) is 0 Å². The minimum Gasteiger partial charge on any atom is -0.219 e. The van der Waals surface area contributed by atoms with Crippen LogP contribution >= 0.6 is 23.4 Å². The van der Waals surface area contributed by atoms with Crippen LogP contribution in [0, 0.1) is 0 Å². The van der Waals surface area contributed by atoms with Gasteiger partial charge in [0.1, 0.15) is 5.52 Å². The number of benzene rings is 1. The van der Waals surface area contributed by atoms with Crippen molar-refractivity contribution in [2.24, 2.45) is 0 Å². The average Bonchev–Trinajstić information content (AvgIpc) is 2.17. The van der Waals surface area contributed by atoms with E-state index in [1.165, 1.54) is 11.8 Å². The van der Waals surface area contributed by atoms with Gasteiger partial charge in [-0.05, 0) is 24.5 Å². The monoisotopic (exact) mass is 211 g/mol. The maximum absolute atomic E-state index is 5.79. The number of fused-ring (bicyclic) bond motifs is 1. The maximum atomic E-state index is 5.79. The first-order valence-electron chi connectivity index (χ1n) is 3.63. The van der Waals surface area contributed by atoms with Crippen molar-refractivity contribution < 1.29 is 0 Å². The highest BCUT2D eigenvalue weighted by Gasteiger charge is 2.00. The fourth-order valence-corrected chi connectivity index (χ4v) is 1.46. The van der Waals surface area contributed by atoms with Crippen molar-refractivity contribution in [3.05, 3.63) is 23.2 Å². The van der Waals surface area contributed by atoms with E-state index in [-0.39, 0.29) is 0 Å². The molecule has 0 radical (unpaired) electrons. The fourth-order valence-electron chi connectivity index (χ4n) is 0.980. The Hall–Kier alpha value is -0.870. The highest BCUT2D eigenvalue weighted by Crippen LogP contribution is 2.16. The molecule has 3 nitrogen and oxygen atoms in total. The van der Waals surface area contributed by atoms with Crippen LogP contribution in [0.25, 0.3) is 11.0 Å². The van der Waals surface area contributed by atoms with Gasteiger partial charge in [0, 0.05) is 5.02 Å². The molecule has 1 aromatic carbocycles. The molecule has 0 aliphatic heterocycles. The molecular formula is C8H6ClN3S. The third-order valence-corrected chi connectivity index (χ3v) is 2.35. The van der Waals surface area contributed by atoms with Gasteiger partial charge in [0.25, 0.3) is 0 Å². The van der Waals surface area contributed by atoms with Gasteiger partial charge in [0.2, 0.25) is 5.16 Å². The minimum atomic E-state index is 0.653. The molecule has 0 aliphatic carbocycles. The van der Waals surface area contributed by atoms with E-state index in [0.717, 1.165) is 11.0 Å². The first kappa shape index (κ1) is 8.72. The van der Waals surface area contributed by atoms with Gasteiger partial charge in [-0.15, -0.1) is 10.2 Å². The molecule has 0 N–H and O–H groups in total. The number of nitrogens with zero attached hydrogens (tertiary/aromatic N) is 3. The van der Waals surface area contributed by atoms with Crippen molar-refractivity contribution in [1.29, 1.82) is 0 Å². The molecule has 0 atom stereocenters. The van der Waals surface area contributed by atoms with Crippen LogP contribution in [-0.2, 0) is 0 Å². The van der Waals surface area contributed by atoms with E-state index in [1.807, 2.05) is 12.3 Å². The lowest BCUT2D eigenvalue weighted by Gasteiger charge is -1.97. The Kier molecular flexibility index (Phi) is 2.33. The summed E-state index contributed by atoms with van der Waals surface area (Å²) in [5.74, 6) is 0. The predicted molar refractivity (Wildman–Crippen MR) is 54.1 cm³/mol. The van der Waals surface area contributed by atoms with Crippen molar-refractivity contribution in [2.75, 3.05) is 6.26 Å². The quantitative estimate of drug-likeness (QED) is 0.679. The summed E-state index contributed by atoms with van der Waals surface area (Å²) >= 11 is 7.26. The van der Waals surface area contributed by atoms with Crippen LogP contribution in [0.2, 0.25) is 5.02 Å². The Balaban J connectivity index is 2.66. The summed E-state index contributed by atoms with van der Waals surface area (Å²) in [4.78, 5) is 4.27. The largest absolute Gasteiger partial charge is 0.219 e. The van der Waals surface area contributed by atoms with Crippen LogP contribution in [-0.4, -0.2) is 21.4 Å². The Morgan fingerprint density at radius 1 is 1.23 bits per heavy atom. The zero-order valence-electron chi connectivity index (χ0n) is 6.86. The predicted octanol–water partition coefficient (Wildman–Crippen LogP) is 2.40. The summed E-state index contributed by atoms with van der Waals surface area (Å²) in [5, 5.41) is 9.23. The summed E-state index contributed by atoms with van der Waals surface area (Å²) in [6.45, 7) is 0. The van der Waals surface area contributed by atoms with Gasteiger partial charge < -0.3 is 0 Å². The van der Waals surface area contributed by atoms with Crippen LogP contribution in [0.15, 0.2) is 23.4 Å². The van der Waals surface area contributed by atoms with Gasteiger partial charge in [0.05, 0.1) is 5.52 Å². The molecule has 5 heteroatoms. The van der Waals surface area contributed by atoms with Crippen molar-refractivity contribution >= 4 is 34.4 Å². The summed E-state index contributed by atoms with van der Waals surface area (Å²) in [7, 11) is 0. The zero-order valence-corrected chi connectivity index (χ0v) is 8.43. The number of hydrogen-bond acceptors (Lipinski definition) is 4. The second kappa shape index (κ2) is 3.47. The van der Waals surface area contributed by atoms with Gasteiger partial charge in [-0.2, -0.15) is 0 Å². The van der Waals surface area contributed by atoms with Crippen LogP contribution in [0.4, 0.5) is 0 Å². The molecule has 66 valence electrons. The van der Waals surface area contributed by atoms with Gasteiger partial charge in [-0.25, -0.2) is 4.98 Å². The molecule has 1 heterocycles. The molecule has 2 rings (SSSR count). The van der Waals surface area contributed by atoms with Crippen LogP contribution < -0.4 is 0 Å². The number of aromatic nitrogens is 3. The van der Waals surface area contributed by atoms with E-state index >= 15 is 0 Å². The molecule has 0 saturated carbocycles. The number of halogens is 1. The first-order valence-corrected chi connectivity index (χ1v) is 5.24. The molecular weight excluding hydrogens is 206 g/mol. The zero-order chi connectivity index (χ0) is 9.26. The highest BCUT2D eigenvalue weighted by molar-refractivity contribution is 7.98. The SMILES string of the molecule is CSc1nnc2cc(Cl)ccc2n1. The van der Waals surface area contributed by atoms with Crippen molar-refractivity contribution in [2.45, 2.75) is 5.16 Å². The highest BCUT2D eigenvalue weighted by atomic mass is 35.5. The summed E-state index contributed by atoms with van der Waals surface area (Å²) in [6.07, 6.45) is 1.92. The molecule has 0 unspecified atom stereocenters. The van der Waals surface area contributed by atoms with E-state index < -0.39 is 0 Å². The van der Waals surface area contributed by atoms with Gasteiger partial charge in [-0.1, -0.05) is 23.4 Å². The lowest BCUT2D eigenvalue weighted by Crippen LogP contribution is -1.91. The number of rotatable bonds is 1. The Morgan fingerprint density at radius 3 is 2.85 bits per heavy atom.